The van der Waals surface area contributed by atoms with Crippen LogP contribution in [0.3, 0.4) is 0 Å². The number of rotatable bonds is 6. The second-order valence-corrected chi connectivity index (χ2v) is 7.62. The molecule has 1 atom stereocenters. The van der Waals surface area contributed by atoms with Gasteiger partial charge in [0.25, 0.3) is 0 Å². The molecule has 0 radical (unpaired) electrons. The summed E-state index contributed by atoms with van der Waals surface area (Å²) >= 11 is 3.62. The van der Waals surface area contributed by atoms with Crippen molar-refractivity contribution in [2.24, 2.45) is 0 Å². The molecule has 0 aliphatic carbocycles. The van der Waals surface area contributed by atoms with E-state index in [-0.39, 0.29) is 11.9 Å². The van der Waals surface area contributed by atoms with Crippen LogP contribution in [-0.4, -0.2) is 30.4 Å². The summed E-state index contributed by atoms with van der Waals surface area (Å²) < 4.78 is 0. The van der Waals surface area contributed by atoms with E-state index >= 15 is 0 Å². The highest BCUT2D eigenvalue weighted by atomic mass is 32.1. The van der Waals surface area contributed by atoms with Gasteiger partial charge in [0.15, 0.2) is 0 Å². The van der Waals surface area contributed by atoms with E-state index in [1.54, 1.807) is 11.3 Å². The molecule has 3 nitrogen and oxygen atoms in total. The molecule has 3 heterocycles. The van der Waals surface area contributed by atoms with Crippen LogP contribution in [0.1, 0.15) is 41.1 Å². The maximum Gasteiger partial charge on any atom is 0.234 e. The molecule has 5 heteroatoms. The van der Waals surface area contributed by atoms with Crippen molar-refractivity contribution in [3.05, 3.63) is 44.3 Å². The lowest BCUT2D eigenvalue weighted by molar-refractivity contribution is -0.122. The Morgan fingerprint density at radius 1 is 1.36 bits per heavy atom. The summed E-state index contributed by atoms with van der Waals surface area (Å²) in [5.41, 5.74) is 1.39. The van der Waals surface area contributed by atoms with E-state index in [2.05, 4.69) is 46.1 Å². The van der Waals surface area contributed by atoms with Crippen molar-refractivity contribution >= 4 is 28.6 Å². The lowest BCUT2D eigenvalue weighted by Gasteiger charge is -2.34. The van der Waals surface area contributed by atoms with Gasteiger partial charge in [0.1, 0.15) is 0 Å². The van der Waals surface area contributed by atoms with Crippen molar-refractivity contribution in [2.75, 3.05) is 19.6 Å². The Kier molecular flexibility index (Phi) is 5.28. The average Bonchev–Trinajstić information content (AvgIpc) is 3.18. The molecular formula is C17H22N2OS2. The van der Waals surface area contributed by atoms with Gasteiger partial charge in [-0.1, -0.05) is 19.4 Å². The quantitative estimate of drug-likeness (QED) is 0.818. The van der Waals surface area contributed by atoms with E-state index in [0.29, 0.717) is 6.54 Å². The first-order chi connectivity index (χ1) is 10.8. The molecule has 22 heavy (non-hydrogen) atoms. The molecule has 0 fully saturated rings. The van der Waals surface area contributed by atoms with Gasteiger partial charge < -0.3 is 5.32 Å². The van der Waals surface area contributed by atoms with Crippen molar-refractivity contribution in [1.82, 2.24) is 10.2 Å². The fourth-order valence-electron chi connectivity index (χ4n) is 2.96. The van der Waals surface area contributed by atoms with Crippen LogP contribution in [0.15, 0.2) is 29.0 Å². The van der Waals surface area contributed by atoms with Crippen molar-refractivity contribution in [2.45, 2.75) is 32.2 Å². The summed E-state index contributed by atoms with van der Waals surface area (Å²) in [6.45, 7) is 4.37. The number of nitrogens with zero attached hydrogens (tertiary/aromatic N) is 1. The molecule has 1 aliphatic rings. The maximum absolute atomic E-state index is 12.2. The number of nitrogens with one attached hydrogen (secondary N) is 1. The summed E-state index contributed by atoms with van der Waals surface area (Å²) in [5.74, 6) is 0.147. The Hall–Kier alpha value is -1.17. The van der Waals surface area contributed by atoms with Crippen LogP contribution in [-0.2, 0) is 11.2 Å². The second kappa shape index (κ2) is 7.40. The fraction of sp³-hybridized carbons (Fsp3) is 0.471. The molecule has 118 valence electrons. The molecule has 0 spiro atoms. The predicted molar refractivity (Wildman–Crippen MR) is 93.7 cm³/mol. The topological polar surface area (TPSA) is 32.3 Å². The number of thiophene rings is 2. The smallest absolute Gasteiger partial charge is 0.234 e. The maximum atomic E-state index is 12.2. The molecule has 0 saturated heterocycles. The van der Waals surface area contributed by atoms with Gasteiger partial charge in [-0.3, -0.25) is 9.69 Å². The first-order valence-electron chi connectivity index (χ1n) is 7.90. The molecular weight excluding hydrogens is 312 g/mol. The van der Waals surface area contributed by atoms with Gasteiger partial charge in [-0.05, 0) is 41.3 Å². The highest BCUT2D eigenvalue weighted by Crippen LogP contribution is 2.39. The molecule has 3 rings (SSSR count). The number of carbonyl (C=O) groups excluding carboxylic acids is 1. The van der Waals surface area contributed by atoms with Crippen LogP contribution >= 0.6 is 22.7 Å². The van der Waals surface area contributed by atoms with E-state index in [9.17, 15) is 4.79 Å². The minimum Gasteiger partial charge on any atom is -0.355 e. The monoisotopic (exact) mass is 334 g/mol. The summed E-state index contributed by atoms with van der Waals surface area (Å²) in [6, 6.07) is 6.75. The molecule has 1 N–H and O–H groups in total. The average molecular weight is 335 g/mol. The summed E-state index contributed by atoms with van der Waals surface area (Å²) in [4.78, 5) is 17.3. The molecule has 0 unspecified atom stereocenters. The van der Waals surface area contributed by atoms with Gasteiger partial charge in [-0.15, -0.1) is 22.7 Å². The zero-order valence-electron chi connectivity index (χ0n) is 12.9. The summed E-state index contributed by atoms with van der Waals surface area (Å²) in [5, 5.41) is 7.34. The van der Waals surface area contributed by atoms with Crippen LogP contribution in [0.25, 0.3) is 0 Å². The standard InChI is InChI=1S/C17H22N2OS2/c1-2-3-8-18-16(20)12-19-9-6-14-13(7-11-22-14)17(19)15-5-4-10-21-15/h4-5,7,10-11,17H,2-3,6,8-9,12H2,1H3,(H,18,20)/t17-/m0/s1. The number of unbranched alkanes of at least 4 members (excludes halogenated alkanes) is 1. The Balaban J connectivity index is 1.74. The number of amides is 1. The molecule has 0 aromatic carbocycles. The van der Waals surface area contributed by atoms with Crippen molar-refractivity contribution < 1.29 is 4.79 Å². The van der Waals surface area contributed by atoms with E-state index in [1.807, 2.05) is 11.3 Å². The van der Waals surface area contributed by atoms with Crippen LogP contribution in [0.4, 0.5) is 0 Å². The van der Waals surface area contributed by atoms with Gasteiger partial charge in [0, 0.05) is 22.8 Å². The number of hydrogen-bond donors (Lipinski definition) is 1. The van der Waals surface area contributed by atoms with Crippen molar-refractivity contribution in [1.29, 1.82) is 0 Å². The second-order valence-electron chi connectivity index (χ2n) is 5.64. The molecule has 2 aromatic rings. The van der Waals surface area contributed by atoms with Crippen molar-refractivity contribution in [3.63, 3.8) is 0 Å². The minimum absolute atomic E-state index is 0.147. The third-order valence-electron chi connectivity index (χ3n) is 4.08. The Morgan fingerprint density at radius 2 is 2.27 bits per heavy atom. The lowest BCUT2D eigenvalue weighted by Crippen LogP contribution is -2.42. The zero-order chi connectivity index (χ0) is 15.4. The molecule has 0 bridgehead atoms. The first-order valence-corrected chi connectivity index (χ1v) is 9.66. The highest BCUT2D eigenvalue weighted by molar-refractivity contribution is 7.10. The van der Waals surface area contributed by atoms with Crippen LogP contribution in [0.5, 0.6) is 0 Å². The highest BCUT2D eigenvalue weighted by Gasteiger charge is 2.31. The van der Waals surface area contributed by atoms with Crippen LogP contribution in [0.2, 0.25) is 0 Å². The van der Waals surface area contributed by atoms with Gasteiger partial charge in [0.05, 0.1) is 12.6 Å². The zero-order valence-corrected chi connectivity index (χ0v) is 14.5. The Labute approximate surface area is 140 Å². The van der Waals surface area contributed by atoms with Crippen molar-refractivity contribution in [3.8, 4) is 0 Å². The fourth-order valence-corrected chi connectivity index (χ4v) is 4.74. The number of hydrogen-bond acceptors (Lipinski definition) is 4. The van der Waals surface area contributed by atoms with E-state index in [1.165, 1.54) is 15.3 Å². The van der Waals surface area contributed by atoms with E-state index < -0.39 is 0 Å². The normalized spacial score (nSPS) is 18.1. The van der Waals surface area contributed by atoms with Gasteiger partial charge in [0.2, 0.25) is 5.91 Å². The minimum atomic E-state index is 0.147. The lowest BCUT2D eigenvalue weighted by atomic mass is 9.98. The summed E-state index contributed by atoms with van der Waals surface area (Å²) in [7, 11) is 0. The van der Waals surface area contributed by atoms with Gasteiger partial charge in [-0.2, -0.15) is 0 Å². The number of fused-ring (bicyclic) bond motifs is 1. The van der Waals surface area contributed by atoms with Gasteiger partial charge >= 0.3 is 0 Å². The predicted octanol–water partition coefficient (Wildman–Crippen LogP) is 3.67. The molecule has 2 aromatic heterocycles. The molecule has 1 aliphatic heterocycles. The van der Waals surface area contributed by atoms with Crippen LogP contribution in [0, 0.1) is 0 Å². The molecule has 0 saturated carbocycles. The summed E-state index contributed by atoms with van der Waals surface area (Å²) in [6.07, 6.45) is 3.21. The van der Waals surface area contributed by atoms with E-state index in [4.69, 9.17) is 0 Å². The first kappa shape index (κ1) is 15.7. The van der Waals surface area contributed by atoms with E-state index in [0.717, 1.165) is 32.4 Å². The SMILES string of the molecule is CCCCNC(=O)CN1CCc2sccc2[C@H]1c1cccs1. The number of carbonyl (C=O) groups is 1. The van der Waals surface area contributed by atoms with Gasteiger partial charge in [-0.25, -0.2) is 0 Å². The largest absolute Gasteiger partial charge is 0.355 e. The third kappa shape index (κ3) is 3.42. The molecule has 1 amide bonds. The third-order valence-corrected chi connectivity index (χ3v) is 6.00. The van der Waals surface area contributed by atoms with Crippen LogP contribution < -0.4 is 5.32 Å². The Morgan fingerprint density at radius 3 is 3.05 bits per heavy atom. The Bertz CT molecular complexity index is 606.